The van der Waals surface area contributed by atoms with Gasteiger partial charge in [0.1, 0.15) is 22.6 Å². The van der Waals surface area contributed by atoms with Gasteiger partial charge in [-0.15, -0.1) is 0 Å². The van der Waals surface area contributed by atoms with Crippen LogP contribution in [0.5, 0.6) is 5.75 Å². The molecule has 6 heteroatoms. The number of aromatic carboxylic acids is 1. The normalized spacial score (nSPS) is 11.0. The molecular formula is C13H10N2O4. The lowest BCUT2D eigenvalue weighted by atomic mass is 10.2. The maximum absolute atomic E-state index is 11.1. The van der Waals surface area contributed by atoms with E-state index in [9.17, 15) is 9.90 Å². The van der Waals surface area contributed by atoms with Gasteiger partial charge < -0.3 is 14.6 Å². The van der Waals surface area contributed by atoms with E-state index in [0.717, 1.165) is 0 Å². The molecule has 19 heavy (non-hydrogen) atoms. The molecule has 2 heterocycles. The molecule has 0 amide bonds. The molecule has 2 aromatic heterocycles. The van der Waals surface area contributed by atoms with Gasteiger partial charge in [0.25, 0.3) is 0 Å². The van der Waals surface area contributed by atoms with Crippen molar-refractivity contribution < 1.29 is 19.4 Å². The summed E-state index contributed by atoms with van der Waals surface area (Å²) in [5.74, 6) is -0.631. The fraction of sp³-hybridized carbons (Fsp3) is 0.0769. The minimum absolute atomic E-state index is 0.0565. The standard InChI is InChI=1S/C13H10N2O4/c1-15-12(8(6-14-15)13(17)18)11-5-7-9(16)3-2-4-10(7)19-11/h2-6,16H,1H3,(H,17,18). The molecule has 0 bridgehead atoms. The average molecular weight is 258 g/mol. The van der Waals surface area contributed by atoms with E-state index in [-0.39, 0.29) is 11.3 Å². The highest BCUT2D eigenvalue weighted by Gasteiger charge is 2.20. The van der Waals surface area contributed by atoms with Gasteiger partial charge in [0.05, 0.1) is 11.6 Å². The molecule has 96 valence electrons. The number of aromatic hydroxyl groups is 1. The first-order valence-corrected chi connectivity index (χ1v) is 5.55. The number of nitrogens with zero attached hydrogens (tertiary/aromatic N) is 2. The van der Waals surface area contributed by atoms with Crippen molar-refractivity contribution in [1.82, 2.24) is 9.78 Å². The third-order valence-electron chi connectivity index (χ3n) is 2.94. The number of carbonyl (C=O) groups is 1. The third-order valence-corrected chi connectivity index (χ3v) is 2.94. The van der Waals surface area contributed by atoms with E-state index in [1.54, 1.807) is 31.3 Å². The number of carboxylic acids is 1. The molecule has 2 N–H and O–H groups in total. The van der Waals surface area contributed by atoms with Gasteiger partial charge in [-0.25, -0.2) is 4.79 Å². The number of phenolic OH excluding ortho intramolecular Hbond substituents is 1. The number of rotatable bonds is 2. The van der Waals surface area contributed by atoms with Crippen LogP contribution in [0.1, 0.15) is 10.4 Å². The molecule has 0 saturated carbocycles. The van der Waals surface area contributed by atoms with Gasteiger partial charge >= 0.3 is 5.97 Å². The number of carboxylic acid groups (broad SMARTS) is 1. The van der Waals surface area contributed by atoms with Crippen LogP contribution in [0.3, 0.4) is 0 Å². The molecule has 3 rings (SSSR count). The summed E-state index contributed by atoms with van der Waals surface area (Å²) in [4.78, 5) is 11.1. The first-order valence-electron chi connectivity index (χ1n) is 5.55. The summed E-state index contributed by atoms with van der Waals surface area (Å²) in [5, 5.41) is 23.3. The van der Waals surface area contributed by atoms with E-state index in [0.29, 0.717) is 22.4 Å². The SMILES string of the molecule is Cn1ncc(C(=O)O)c1-c1cc2c(O)cccc2o1. The van der Waals surface area contributed by atoms with E-state index in [2.05, 4.69) is 5.10 Å². The molecule has 0 saturated heterocycles. The maximum atomic E-state index is 11.1. The van der Waals surface area contributed by atoms with Crippen molar-refractivity contribution in [2.24, 2.45) is 7.05 Å². The van der Waals surface area contributed by atoms with Crippen LogP contribution in [-0.4, -0.2) is 26.0 Å². The number of fused-ring (bicyclic) bond motifs is 1. The predicted molar refractivity (Wildman–Crippen MR) is 67.0 cm³/mol. The molecule has 0 spiro atoms. The zero-order valence-corrected chi connectivity index (χ0v) is 9.99. The number of furan rings is 1. The molecule has 0 aliphatic carbocycles. The van der Waals surface area contributed by atoms with Crippen LogP contribution in [0.15, 0.2) is 34.9 Å². The van der Waals surface area contributed by atoms with Crippen molar-refractivity contribution >= 4 is 16.9 Å². The lowest BCUT2D eigenvalue weighted by Crippen LogP contribution is -1.99. The average Bonchev–Trinajstić information content (AvgIpc) is 2.92. The molecule has 3 aromatic rings. The number of hydrogen-bond acceptors (Lipinski definition) is 4. The Balaban J connectivity index is 2.28. The van der Waals surface area contributed by atoms with Crippen molar-refractivity contribution in [3.8, 4) is 17.2 Å². The predicted octanol–water partition coefficient (Wildman–Crippen LogP) is 2.24. The molecule has 0 fully saturated rings. The van der Waals surface area contributed by atoms with Crippen molar-refractivity contribution in [2.45, 2.75) is 0 Å². The van der Waals surface area contributed by atoms with Gasteiger partial charge in [-0.05, 0) is 18.2 Å². The molecule has 0 aliphatic rings. The summed E-state index contributed by atoms with van der Waals surface area (Å²) in [5.41, 5.74) is 0.914. The van der Waals surface area contributed by atoms with Crippen LogP contribution in [0.2, 0.25) is 0 Å². The first-order chi connectivity index (χ1) is 9.08. The molecular weight excluding hydrogens is 248 g/mol. The van der Waals surface area contributed by atoms with Crippen molar-refractivity contribution in [1.29, 1.82) is 0 Å². The van der Waals surface area contributed by atoms with E-state index in [4.69, 9.17) is 9.52 Å². The Morgan fingerprint density at radius 1 is 1.42 bits per heavy atom. The highest BCUT2D eigenvalue weighted by atomic mass is 16.4. The van der Waals surface area contributed by atoms with Crippen molar-refractivity contribution in [3.05, 3.63) is 36.0 Å². The number of hydrogen-bond donors (Lipinski definition) is 2. The third kappa shape index (κ3) is 1.65. The zero-order valence-electron chi connectivity index (χ0n) is 9.99. The number of benzene rings is 1. The lowest BCUT2D eigenvalue weighted by molar-refractivity contribution is 0.0697. The number of aryl methyl sites for hydroxylation is 1. The molecule has 0 radical (unpaired) electrons. The van der Waals surface area contributed by atoms with Gasteiger partial charge in [0.2, 0.25) is 0 Å². The second-order valence-corrected chi connectivity index (χ2v) is 4.14. The first kappa shape index (κ1) is 11.3. The van der Waals surface area contributed by atoms with E-state index >= 15 is 0 Å². The van der Waals surface area contributed by atoms with Gasteiger partial charge in [-0.1, -0.05) is 6.07 Å². The van der Waals surface area contributed by atoms with Crippen LogP contribution < -0.4 is 0 Å². The zero-order chi connectivity index (χ0) is 13.6. The van der Waals surface area contributed by atoms with E-state index in [1.807, 2.05) is 0 Å². The van der Waals surface area contributed by atoms with Gasteiger partial charge in [-0.2, -0.15) is 5.10 Å². The maximum Gasteiger partial charge on any atom is 0.339 e. The molecule has 0 unspecified atom stereocenters. The second kappa shape index (κ2) is 3.88. The highest BCUT2D eigenvalue weighted by Crippen LogP contribution is 2.33. The molecule has 0 atom stereocenters. The Kier molecular flexibility index (Phi) is 2.31. The molecule has 6 nitrogen and oxygen atoms in total. The Morgan fingerprint density at radius 2 is 2.21 bits per heavy atom. The largest absolute Gasteiger partial charge is 0.507 e. The monoisotopic (exact) mass is 258 g/mol. The fourth-order valence-corrected chi connectivity index (χ4v) is 2.05. The van der Waals surface area contributed by atoms with E-state index < -0.39 is 5.97 Å². The van der Waals surface area contributed by atoms with Gasteiger partial charge in [0.15, 0.2) is 5.76 Å². The quantitative estimate of drug-likeness (QED) is 0.735. The summed E-state index contributed by atoms with van der Waals surface area (Å²) in [6, 6.07) is 6.51. The lowest BCUT2D eigenvalue weighted by Gasteiger charge is -1.99. The Labute approximate surface area is 107 Å². The smallest absolute Gasteiger partial charge is 0.339 e. The summed E-state index contributed by atoms with van der Waals surface area (Å²) in [6.07, 6.45) is 1.27. The van der Waals surface area contributed by atoms with Crippen molar-refractivity contribution in [2.75, 3.05) is 0 Å². The van der Waals surface area contributed by atoms with Crippen LogP contribution in [0, 0.1) is 0 Å². The van der Waals surface area contributed by atoms with E-state index in [1.165, 1.54) is 10.9 Å². The Morgan fingerprint density at radius 3 is 2.89 bits per heavy atom. The molecule has 0 aliphatic heterocycles. The highest BCUT2D eigenvalue weighted by molar-refractivity contribution is 5.96. The number of aromatic nitrogens is 2. The second-order valence-electron chi connectivity index (χ2n) is 4.14. The van der Waals surface area contributed by atoms with Crippen LogP contribution in [-0.2, 0) is 7.05 Å². The Hall–Kier alpha value is -2.76. The van der Waals surface area contributed by atoms with Gasteiger partial charge in [0, 0.05) is 7.05 Å². The minimum atomic E-state index is -1.08. The fourth-order valence-electron chi connectivity index (χ4n) is 2.05. The summed E-state index contributed by atoms with van der Waals surface area (Å²) in [6.45, 7) is 0. The van der Waals surface area contributed by atoms with Crippen LogP contribution >= 0.6 is 0 Å². The molecule has 1 aromatic carbocycles. The topological polar surface area (TPSA) is 88.5 Å². The number of phenols is 1. The minimum Gasteiger partial charge on any atom is -0.507 e. The summed E-state index contributed by atoms with van der Waals surface area (Å²) in [7, 11) is 1.63. The van der Waals surface area contributed by atoms with Gasteiger partial charge in [-0.3, -0.25) is 4.68 Å². The van der Waals surface area contributed by atoms with Crippen LogP contribution in [0.25, 0.3) is 22.4 Å². The van der Waals surface area contributed by atoms with Crippen molar-refractivity contribution in [3.63, 3.8) is 0 Å². The van der Waals surface area contributed by atoms with Crippen LogP contribution in [0.4, 0.5) is 0 Å². The summed E-state index contributed by atoms with van der Waals surface area (Å²) >= 11 is 0. The Bertz CT molecular complexity index is 785. The summed E-state index contributed by atoms with van der Waals surface area (Å²) < 4.78 is 7.01.